The standard InChI is InChI=1S/C25H29NO4S/c1-4-19-6-8-20(9-7-19)14-26(22-11-12-31(28,29)16-22)24(27)13-21-15-30-25-18(3)17(2)5-10-23(21)25/h5-10,15,22H,4,11-14,16H2,1-3H3. The molecule has 1 saturated heterocycles. The van der Waals surface area contributed by atoms with Gasteiger partial charge >= 0.3 is 0 Å². The van der Waals surface area contributed by atoms with Gasteiger partial charge in [-0.3, -0.25) is 4.79 Å². The molecule has 3 aromatic rings. The molecule has 1 aromatic heterocycles. The summed E-state index contributed by atoms with van der Waals surface area (Å²) in [5.41, 5.74) is 6.13. The summed E-state index contributed by atoms with van der Waals surface area (Å²) in [6.07, 6.45) is 3.30. The van der Waals surface area contributed by atoms with Crippen LogP contribution in [-0.4, -0.2) is 36.8 Å². The van der Waals surface area contributed by atoms with Gasteiger partial charge in [0.05, 0.1) is 24.2 Å². The van der Waals surface area contributed by atoms with Crippen molar-refractivity contribution < 1.29 is 17.6 Å². The molecule has 6 heteroatoms. The number of sulfone groups is 1. The highest BCUT2D eigenvalue weighted by atomic mass is 32.2. The summed E-state index contributed by atoms with van der Waals surface area (Å²) in [4.78, 5) is 15.2. The third-order valence-electron chi connectivity index (χ3n) is 6.44. The predicted octanol–water partition coefficient (Wildman–Crippen LogP) is 4.37. The first-order valence-corrected chi connectivity index (χ1v) is 12.6. The van der Waals surface area contributed by atoms with Gasteiger partial charge in [-0.25, -0.2) is 8.42 Å². The minimum absolute atomic E-state index is 0.0379. The monoisotopic (exact) mass is 439 g/mol. The van der Waals surface area contributed by atoms with Gasteiger partial charge in [0, 0.05) is 23.5 Å². The van der Waals surface area contributed by atoms with Crippen LogP contribution in [0, 0.1) is 13.8 Å². The van der Waals surface area contributed by atoms with Gasteiger partial charge in [-0.05, 0) is 48.9 Å². The van der Waals surface area contributed by atoms with E-state index >= 15 is 0 Å². The van der Waals surface area contributed by atoms with Gasteiger partial charge in [0.2, 0.25) is 5.91 Å². The van der Waals surface area contributed by atoms with Crippen molar-refractivity contribution in [1.82, 2.24) is 4.90 Å². The molecular weight excluding hydrogens is 410 g/mol. The van der Waals surface area contributed by atoms with Crippen LogP contribution in [0.5, 0.6) is 0 Å². The lowest BCUT2D eigenvalue weighted by atomic mass is 10.0. The fourth-order valence-corrected chi connectivity index (χ4v) is 6.04. The van der Waals surface area contributed by atoms with Crippen LogP contribution in [0.4, 0.5) is 0 Å². The molecule has 0 N–H and O–H groups in total. The van der Waals surface area contributed by atoms with Gasteiger partial charge in [0.1, 0.15) is 5.58 Å². The van der Waals surface area contributed by atoms with E-state index in [-0.39, 0.29) is 29.9 Å². The molecule has 1 unspecified atom stereocenters. The molecule has 1 amide bonds. The van der Waals surface area contributed by atoms with Crippen LogP contribution in [0.1, 0.15) is 41.2 Å². The molecule has 0 bridgehead atoms. The van der Waals surface area contributed by atoms with E-state index in [0.29, 0.717) is 13.0 Å². The Labute approximate surface area is 184 Å². The molecule has 0 saturated carbocycles. The Kier molecular flexibility index (Phi) is 5.93. The van der Waals surface area contributed by atoms with Crippen LogP contribution >= 0.6 is 0 Å². The fraction of sp³-hybridized carbons (Fsp3) is 0.400. The Balaban J connectivity index is 1.61. The van der Waals surface area contributed by atoms with Crippen molar-refractivity contribution >= 4 is 26.7 Å². The van der Waals surface area contributed by atoms with Gasteiger partial charge in [-0.1, -0.05) is 43.3 Å². The molecular formula is C25H29NO4S. The van der Waals surface area contributed by atoms with Crippen molar-refractivity contribution in [3.8, 4) is 0 Å². The van der Waals surface area contributed by atoms with Crippen LogP contribution in [0.25, 0.3) is 11.0 Å². The summed E-state index contributed by atoms with van der Waals surface area (Å²) in [6, 6.07) is 11.9. The van der Waals surface area contributed by atoms with E-state index in [9.17, 15) is 13.2 Å². The number of carbonyl (C=O) groups excluding carboxylic acids is 1. The molecule has 4 rings (SSSR count). The van der Waals surface area contributed by atoms with Gasteiger partial charge in [-0.2, -0.15) is 0 Å². The topological polar surface area (TPSA) is 67.6 Å². The average molecular weight is 440 g/mol. The van der Waals surface area contributed by atoms with Crippen molar-refractivity contribution in [3.05, 3.63) is 70.5 Å². The van der Waals surface area contributed by atoms with Crippen molar-refractivity contribution in [2.24, 2.45) is 0 Å². The first-order valence-electron chi connectivity index (χ1n) is 10.8. The number of furan rings is 1. The van der Waals surface area contributed by atoms with Crippen molar-refractivity contribution in [3.63, 3.8) is 0 Å². The smallest absolute Gasteiger partial charge is 0.227 e. The Bertz CT molecular complexity index is 1210. The molecule has 1 aliphatic heterocycles. The zero-order valence-electron chi connectivity index (χ0n) is 18.3. The number of carbonyl (C=O) groups is 1. The highest BCUT2D eigenvalue weighted by Crippen LogP contribution is 2.28. The first kappa shape index (κ1) is 21.6. The van der Waals surface area contributed by atoms with Crippen LogP contribution in [0.2, 0.25) is 0 Å². The maximum Gasteiger partial charge on any atom is 0.227 e. The summed E-state index contributed by atoms with van der Waals surface area (Å²) in [5.74, 6) is 0.113. The second-order valence-corrected chi connectivity index (χ2v) is 10.8. The Hall–Kier alpha value is -2.60. The zero-order chi connectivity index (χ0) is 22.2. The molecule has 0 spiro atoms. The lowest BCUT2D eigenvalue weighted by Gasteiger charge is -2.28. The number of benzene rings is 2. The zero-order valence-corrected chi connectivity index (χ0v) is 19.2. The van der Waals surface area contributed by atoms with Gasteiger partial charge in [0.15, 0.2) is 9.84 Å². The van der Waals surface area contributed by atoms with E-state index in [0.717, 1.165) is 39.6 Å². The summed E-state index contributed by atoms with van der Waals surface area (Å²) in [7, 11) is -3.10. The maximum absolute atomic E-state index is 13.4. The molecule has 31 heavy (non-hydrogen) atoms. The SMILES string of the molecule is CCc1ccc(CN(C(=O)Cc2coc3c(C)c(C)ccc23)C2CCS(=O)(=O)C2)cc1. The van der Waals surface area contributed by atoms with Crippen LogP contribution < -0.4 is 0 Å². The van der Waals surface area contributed by atoms with E-state index in [1.54, 1.807) is 11.2 Å². The molecule has 0 radical (unpaired) electrons. The number of hydrogen-bond acceptors (Lipinski definition) is 4. The minimum atomic E-state index is -3.10. The van der Waals surface area contributed by atoms with Gasteiger partial charge in [-0.15, -0.1) is 0 Å². The fourth-order valence-electron chi connectivity index (χ4n) is 4.31. The lowest BCUT2D eigenvalue weighted by molar-refractivity contribution is -0.133. The first-order chi connectivity index (χ1) is 14.8. The Morgan fingerprint density at radius 3 is 2.45 bits per heavy atom. The normalized spacial score (nSPS) is 17.8. The molecule has 5 nitrogen and oxygen atoms in total. The highest BCUT2D eigenvalue weighted by Gasteiger charge is 2.35. The number of aryl methyl sites for hydroxylation is 3. The molecule has 1 atom stereocenters. The average Bonchev–Trinajstić information content (AvgIpc) is 3.32. The maximum atomic E-state index is 13.4. The second kappa shape index (κ2) is 8.50. The number of nitrogens with zero attached hydrogens (tertiary/aromatic N) is 1. The van der Waals surface area contributed by atoms with E-state index in [2.05, 4.69) is 19.1 Å². The third kappa shape index (κ3) is 4.54. The van der Waals surface area contributed by atoms with Crippen molar-refractivity contribution in [2.75, 3.05) is 11.5 Å². The number of rotatable bonds is 6. The van der Waals surface area contributed by atoms with E-state index < -0.39 is 9.84 Å². The molecule has 164 valence electrons. The number of amides is 1. The van der Waals surface area contributed by atoms with E-state index in [4.69, 9.17) is 4.42 Å². The molecule has 2 heterocycles. The van der Waals surface area contributed by atoms with Crippen molar-refractivity contribution in [1.29, 1.82) is 0 Å². The molecule has 1 aliphatic rings. The quantitative estimate of drug-likeness (QED) is 0.572. The lowest BCUT2D eigenvalue weighted by Crippen LogP contribution is -2.41. The molecule has 2 aromatic carbocycles. The summed E-state index contributed by atoms with van der Waals surface area (Å²) in [5, 5.41) is 0.947. The summed E-state index contributed by atoms with van der Waals surface area (Å²) < 4.78 is 30.0. The number of fused-ring (bicyclic) bond motifs is 1. The van der Waals surface area contributed by atoms with Crippen LogP contribution in [0.15, 0.2) is 47.1 Å². The highest BCUT2D eigenvalue weighted by molar-refractivity contribution is 7.91. The second-order valence-electron chi connectivity index (χ2n) is 8.57. The molecule has 0 aliphatic carbocycles. The summed E-state index contributed by atoms with van der Waals surface area (Å²) in [6.45, 7) is 6.57. The van der Waals surface area contributed by atoms with Gasteiger partial charge in [0.25, 0.3) is 0 Å². The number of hydrogen-bond donors (Lipinski definition) is 0. The van der Waals surface area contributed by atoms with E-state index in [1.807, 2.05) is 38.1 Å². The third-order valence-corrected chi connectivity index (χ3v) is 8.19. The van der Waals surface area contributed by atoms with Gasteiger partial charge < -0.3 is 9.32 Å². The minimum Gasteiger partial charge on any atom is -0.464 e. The van der Waals surface area contributed by atoms with Crippen molar-refractivity contribution in [2.45, 2.75) is 52.6 Å². The Morgan fingerprint density at radius 1 is 1.10 bits per heavy atom. The van der Waals surface area contributed by atoms with Crippen LogP contribution in [0.3, 0.4) is 0 Å². The largest absolute Gasteiger partial charge is 0.464 e. The molecule has 1 fully saturated rings. The van der Waals surface area contributed by atoms with Crippen LogP contribution in [-0.2, 0) is 34.0 Å². The predicted molar refractivity (Wildman–Crippen MR) is 123 cm³/mol. The summed E-state index contributed by atoms with van der Waals surface area (Å²) >= 11 is 0. The Morgan fingerprint density at radius 2 is 1.81 bits per heavy atom. The van der Waals surface area contributed by atoms with E-state index in [1.165, 1.54) is 5.56 Å².